The standard InChI is InChI=1S/C9H14N4O2/c1-12-6-4-9(11)13(15-3-2-14)7(6)5-8(12)10/h4-5,14H,2-3,10-11H2,1H3. The van der Waals surface area contributed by atoms with Gasteiger partial charge in [0.15, 0.2) is 0 Å². The molecule has 6 heteroatoms. The Kier molecular flexibility index (Phi) is 2.20. The second-order valence-corrected chi connectivity index (χ2v) is 3.32. The van der Waals surface area contributed by atoms with Gasteiger partial charge in [-0.3, -0.25) is 0 Å². The number of aryl methyl sites for hydroxylation is 1. The number of fused-ring (bicyclic) bond motifs is 1. The van der Waals surface area contributed by atoms with E-state index in [1.54, 1.807) is 12.1 Å². The van der Waals surface area contributed by atoms with Crippen LogP contribution < -0.4 is 16.3 Å². The maximum absolute atomic E-state index is 8.68. The molecule has 5 N–H and O–H groups in total. The molecule has 2 aromatic rings. The highest BCUT2D eigenvalue weighted by Gasteiger charge is 2.12. The molecule has 0 radical (unpaired) electrons. The van der Waals surface area contributed by atoms with Gasteiger partial charge in [-0.15, -0.1) is 0 Å². The Morgan fingerprint density at radius 1 is 1.27 bits per heavy atom. The van der Waals surface area contributed by atoms with Crippen molar-refractivity contribution < 1.29 is 9.94 Å². The molecule has 0 atom stereocenters. The van der Waals surface area contributed by atoms with E-state index in [2.05, 4.69) is 0 Å². The third-order valence-electron chi connectivity index (χ3n) is 2.35. The fourth-order valence-electron chi connectivity index (χ4n) is 1.57. The van der Waals surface area contributed by atoms with Crippen molar-refractivity contribution in [3.8, 4) is 0 Å². The van der Waals surface area contributed by atoms with Crippen molar-refractivity contribution in [3.05, 3.63) is 12.1 Å². The number of nitrogen functional groups attached to an aromatic ring is 2. The van der Waals surface area contributed by atoms with Crippen LogP contribution >= 0.6 is 0 Å². The number of aliphatic hydroxyl groups excluding tert-OH is 1. The lowest BCUT2D eigenvalue weighted by molar-refractivity contribution is 0.0867. The van der Waals surface area contributed by atoms with Gasteiger partial charge >= 0.3 is 0 Å². The van der Waals surface area contributed by atoms with Crippen molar-refractivity contribution in [2.45, 2.75) is 0 Å². The molecule has 0 aliphatic carbocycles. The normalized spacial score (nSPS) is 11.1. The van der Waals surface area contributed by atoms with Crippen LogP contribution in [0.25, 0.3) is 11.0 Å². The molecule has 0 bridgehead atoms. The van der Waals surface area contributed by atoms with Crippen molar-refractivity contribution in [2.24, 2.45) is 7.05 Å². The van der Waals surface area contributed by atoms with Crippen LogP contribution in [0.4, 0.5) is 11.6 Å². The maximum Gasteiger partial charge on any atom is 0.142 e. The second kappa shape index (κ2) is 3.39. The first-order valence-electron chi connectivity index (χ1n) is 4.61. The molecule has 82 valence electrons. The minimum atomic E-state index is -0.0541. The number of hydrogen-bond acceptors (Lipinski definition) is 4. The van der Waals surface area contributed by atoms with E-state index in [1.165, 1.54) is 4.73 Å². The van der Waals surface area contributed by atoms with Gasteiger partial charge in [-0.1, -0.05) is 0 Å². The average molecular weight is 210 g/mol. The Bertz CT molecular complexity index is 486. The summed E-state index contributed by atoms with van der Waals surface area (Å²) in [6.07, 6.45) is 0. The third-order valence-corrected chi connectivity index (χ3v) is 2.35. The third kappa shape index (κ3) is 1.39. The Labute approximate surface area is 86.6 Å². The smallest absolute Gasteiger partial charge is 0.142 e. The minimum absolute atomic E-state index is 0.0541. The monoisotopic (exact) mass is 210 g/mol. The number of anilines is 2. The number of rotatable bonds is 3. The van der Waals surface area contributed by atoms with E-state index in [0.717, 1.165) is 11.0 Å². The van der Waals surface area contributed by atoms with Gasteiger partial charge in [-0.05, 0) is 0 Å². The molecule has 0 amide bonds. The molecule has 0 unspecified atom stereocenters. The Balaban J connectivity index is 2.52. The summed E-state index contributed by atoms with van der Waals surface area (Å²) in [5.41, 5.74) is 13.2. The lowest BCUT2D eigenvalue weighted by atomic mass is 10.5. The first kappa shape index (κ1) is 9.72. The van der Waals surface area contributed by atoms with Crippen molar-refractivity contribution in [3.63, 3.8) is 0 Å². The van der Waals surface area contributed by atoms with Crippen molar-refractivity contribution in [2.75, 3.05) is 24.7 Å². The second-order valence-electron chi connectivity index (χ2n) is 3.32. The highest BCUT2D eigenvalue weighted by molar-refractivity contribution is 5.85. The van der Waals surface area contributed by atoms with E-state index in [1.807, 2.05) is 11.6 Å². The van der Waals surface area contributed by atoms with Crippen LogP contribution in [-0.4, -0.2) is 27.6 Å². The molecule has 0 saturated heterocycles. The van der Waals surface area contributed by atoms with E-state index < -0.39 is 0 Å². The van der Waals surface area contributed by atoms with Crippen LogP contribution in [0.3, 0.4) is 0 Å². The molecule has 0 aliphatic heterocycles. The zero-order valence-electron chi connectivity index (χ0n) is 8.47. The Morgan fingerprint density at radius 3 is 2.60 bits per heavy atom. The summed E-state index contributed by atoms with van der Waals surface area (Å²) < 4.78 is 3.30. The van der Waals surface area contributed by atoms with Gasteiger partial charge in [0.1, 0.15) is 23.8 Å². The number of aromatic nitrogens is 2. The highest BCUT2D eigenvalue weighted by Crippen LogP contribution is 2.24. The first-order valence-corrected chi connectivity index (χ1v) is 4.61. The summed E-state index contributed by atoms with van der Waals surface area (Å²) in [6, 6.07) is 3.56. The Morgan fingerprint density at radius 2 is 1.93 bits per heavy atom. The number of nitrogens with zero attached hydrogens (tertiary/aromatic N) is 2. The molecule has 15 heavy (non-hydrogen) atoms. The van der Waals surface area contributed by atoms with E-state index in [0.29, 0.717) is 11.6 Å². The molecule has 0 fully saturated rings. The fourth-order valence-corrected chi connectivity index (χ4v) is 1.57. The van der Waals surface area contributed by atoms with Gasteiger partial charge in [0.05, 0.1) is 12.1 Å². The minimum Gasteiger partial charge on any atom is -0.409 e. The van der Waals surface area contributed by atoms with Gasteiger partial charge in [-0.2, -0.15) is 4.73 Å². The van der Waals surface area contributed by atoms with E-state index in [4.69, 9.17) is 21.4 Å². The van der Waals surface area contributed by atoms with Crippen molar-refractivity contribution in [1.29, 1.82) is 0 Å². The largest absolute Gasteiger partial charge is 0.409 e. The SMILES string of the molecule is Cn1c(N)cc2c1cc(N)n2OCCO. The molecular formula is C9H14N4O2. The van der Waals surface area contributed by atoms with Gasteiger partial charge in [0, 0.05) is 19.2 Å². The molecule has 0 aromatic carbocycles. The summed E-state index contributed by atoms with van der Waals surface area (Å²) in [7, 11) is 1.85. The predicted molar refractivity (Wildman–Crippen MR) is 58.3 cm³/mol. The van der Waals surface area contributed by atoms with Gasteiger partial charge < -0.3 is 26.0 Å². The highest BCUT2D eigenvalue weighted by atomic mass is 16.7. The molecule has 0 spiro atoms. The lowest BCUT2D eigenvalue weighted by Crippen LogP contribution is -2.16. The van der Waals surface area contributed by atoms with E-state index in [9.17, 15) is 0 Å². The van der Waals surface area contributed by atoms with Crippen LogP contribution in [0.15, 0.2) is 12.1 Å². The van der Waals surface area contributed by atoms with Gasteiger partial charge in [0.25, 0.3) is 0 Å². The average Bonchev–Trinajstić information content (AvgIpc) is 2.64. The van der Waals surface area contributed by atoms with Crippen molar-refractivity contribution in [1.82, 2.24) is 9.30 Å². The molecular weight excluding hydrogens is 196 g/mol. The number of nitrogens with two attached hydrogens (primary N) is 2. The molecule has 2 aromatic heterocycles. The zero-order chi connectivity index (χ0) is 11.0. The van der Waals surface area contributed by atoms with Crippen LogP contribution in [-0.2, 0) is 7.05 Å². The van der Waals surface area contributed by atoms with E-state index in [-0.39, 0.29) is 13.2 Å². The molecule has 2 rings (SSSR count). The summed E-state index contributed by atoms with van der Waals surface area (Å²) in [4.78, 5) is 5.28. The molecule has 2 heterocycles. The maximum atomic E-state index is 8.68. The summed E-state index contributed by atoms with van der Waals surface area (Å²) in [5.74, 6) is 1.13. The fraction of sp³-hybridized carbons (Fsp3) is 0.333. The zero-order valence-corrected chi connectivity index (χ0v) is 8.47. The quantitative estimate of drug-likeness (QED) is 0.640. The van der Waals surface area contributed by atoms with E-state index >= 15 is 0 Å². The molecule has 0 aliphatic rings. The van der Waals surface area contributed by atoms with Gasteiger partial charge in [-0.25, -0.2) is 0 Å². The summed E-state index contributed by atoms with van der Waals surface area (Å²) >= 11 is 0. The van der Waals surface area contributed by atoms with Crippen LogP contribution in [0.1, 0.15) is 0 Å². The lowest BCUT2D eigenvalue weighted by Gasteiger charge is -2.06. The van der Waals surface area contributed by atoms with Crippen molar-refractivity contribution >= 4 is 22.7 Å². The number of hydrogen-bond donors (Lipinski definition) is 3. The summed E-state index contributed by atoms with van der Waals surface area (Å²) in [5, 5.41) is 8.68. The predicted octanol–water partition coefficient (Wildman–Crippen LogP) is -0.435. The Hall–Kier alpha value is -1.82. The topological polar surface area (TPSA) is 91.4 Å². The number of aliphatic hydroxyl groups is 1. The summed E-state index contributed by atoms with van der Waals surface area (Å²) in [6.45, 7) is 0.143. The van der Waals surface area contributed by atoms with Crippen LogP contribution in [0, 0.1) is 0 Å². The van der Waals surface area contributed by atoms with Crippen LogP contribution in [0.5, 0.6) is 0 Å². The molecule has 0 saturated carbocycles. The van der Waals surface area contributed by atoms with Crippen LogP contribution in [0.2, 0.25) is 0 Å². The van der Waals surface area contributed by atoms with Gasteiger partial charge in [0.2, 0.25) is 0 Å². The first-order chi connectivity index (χ1) is 7.15. The molecule has 6 nitrogen and oxygen atoms in total.